The van der Waals surface area contributed by atoms with Gasteiger partial charge < -0.3 is 17.7 Å². The maximum absolute atomic E-state index is 12.5. The first-order chi connectivity index (χ1) is 7.30. The van der Waals surface area contributed by atoms with E-state index in [1.54, 1.807) is 0 Å². The molecule has 1 aromatic rings. The zero-order chi connectivity index (χ0) is 12.3. The van der Waals surface area contributed by atoms with Crippen LogP contribution in [0.1, 0.15) is 5.56 Å². The monoisotopic (exact) mass is 239 g/mol. The molecule has 0 saturated heterocycles. The maximum atomic E-state index is 12.5. The summed E-state index contributed by atoms with van der Waals surface area (Å²) in [4.78, 5) is 0. The highest BCUT2D eigenvalue weighted by Gasteiger charge is 2.29. The Morgan fingerprint density at radius 2 is 1.88 bits per heavy atom. The Morgan fingerprint density at radius 3 is 2.38 bits per heavy atom. The van der Waals surface area contributed by atoms with Gasteiger partial charge in [-0.05, 0) is 13.0 Å². The van der Waals surface area contributed by atoms with Crippen LogP contribution < -0.4 is 10.2 Å². The minimum absolute atomic E-state index is 0.401. The third kappa shape index (κ3) is 3.39. The second-order valence-electron chi connectivity index (χ2n) is 3.32. The smallest absolute Gasteiger partial charge is 0.491 e. The zero-order valence-electron chi connectivity index (χ0n) is 8.39. The standard InChI is InChI=1S/C9H9BF5O/c1-6-2-3-8(16-5-9(11)12)7(4-6)10(13,14)15/h2-4,9H,5H2,1H3/q-1. The Kier molecular flexibility index (Phi) is 3.77. The summed E-state index contributed by atoms with van der Waals surface area (Å²) >= 11 is 0. The molecule has 0 aliphatic rings. The Bertz CT molecular complexity index is 363. The average Bonchev–Trinajstić information content (AvgIpc) is 2.14. The highest BCUT2D eigenvalue weighted by molar-refractivity contribution is 6.74. The summed E-state index contributed by atoms with van der Waals surface area (Å²) in [6.45, 7) is -4.81. The van der Waals surface area contributed by atoms with Crippen LogP contribution in [0.15, 0.2) is 18.2 Å². The summed E-state index contributed by atoms with van der Waals surface area (Å²) in [5.74, 6) is -0.543. The molecule has 1 nitrogen and oxygen atoms in total. The molecular weight excluding hydrogens is 230 g/mol. The quantitative estimate of drug-likeness (QED) is 0.579. The van der Waals surface area contributed by atoms with Gasteiger partial charge in [-0.15, -0.1) is 0 Å². The first-order valence-electron chi connectivity index (χ1n) is 4.52. The number of hydrogen-bond acceptors (Lipinski definition) is 1. The second-order valence-corrected chi connectivity index (χ2v) is 3.32. The predicted molar refractivity (Wildman–Crippen MR) is 51.4 cm³/mol. The van der Waals surface area contributed by atoms with E-state index >= 15 is 0 Å². The lowest BCUT2D eigenvalue weighted by atomic mass is 9.78. The molecule has 0 radical (unpaired) electrons. The van der Waals surface area contributed by atoms with Gasteiger partial charge in [-0.2, -0.15) is 0 Å². The van der Waals surface area contributed by atoms with Crippen LogP contribution >= 0.6 is 0 Å². The van der Waals surface area contributed by atoms with Crippen molar-refractivity contribution < 1.29 is 26.5 Å². The minimum Gasteiger partial charge on any atom is -0.491 e. The molecule has 0 fully saturated rings. The molecule has 0 N–H and O–H groups in total. The van der Waals surface area contributed by atoms with Crippen molar-refractivity contribution in [2.24, 2.45) is 0 Å². The van der Waals surface area contributed by atoms with Crippen molar-refractivity contribution in [2.75, 3.05) is 6.61 Å². The Morgan fingerprint density at radius 1 is 1.25 bits per heavy atom. The number of rotatable bonds is 4. The maximum Gasteiger partial charge on any atom is 0.513 e. The van der Waals surface area contributed by atoms with E-state index in [2.05, 4.69) is 4.74 Å². The van der Waals surface area contributed by atoms with Gasteiger partial charge in [-0.3, -0.25) is 0 Å². The van der Waals surface area contributed by atoms with Gasteiger partial charge in [0.05, 0.1) is 5.75 Å². The van der Waals surface area contributed by atoms with Crippen molar-refractivity contribution in [1.29, 1.82) is 0 Å². The Labute approximate surface area is 89.3 Å². The van der Waals surface area contributed by atoms with Crippen molar-refractivity contribution >= 4 is 12.4 Å². The topological polar surface area (TPSA) is 9.23 Å². The molecule has 0 amide bonds. The number of halogens is 5. The minimum atomic E-state index is -5.26. The molecule has 0 heterocycles. The van der Waals surface area contributed by atoms with E-state index < -0.39 is 31.2 Å². The largest absolute Gasteiger partial charge is 0.513 e. The second kappa shape index (κ2) is 4.72. The summed E-state index contributed by atoms with van der Waals surface area (Å²) in [5, 5.41) is 0. The van der Waals surface area contributed by atoms with Crippen LogP contribution in [0.4, 0.5) is 21.7 Å². The molecule has 0 saturated carbocycles. The fourth-order valence-electron chi connectivity index (χ4n) is 1.21. The van der Waals surface area contributed by atoms with Gasteiger partial charge >= 0.3 is 6.98 Å². The third-order valence-electron chi connectivity index (χ3n) is 1.88. The van der Waals surface area contributed by atoms with Crippen molar-refractivity contribution in [3.63, 3.8) is 0 Å². The molecule has 0 aromatic heterocycles. The van der Waals surface area contributed by atoms with E-state index in [9.17, 15) is 21.7 Å². The van der Waals surface area contributed by atoms with Crippen LogP contribution in [0.25, 0.3) is 0 Å². The summed E-state index contributed by atoms with van der Waals surface area (Å²) in [5.41, 5.74) is -0.570. The van der Waals surface area contributed by atoms with E-state index in [1.165, 1.54) is 13.0 Å². The van der Waals surface area contributed by atoms with E-state index in [0.29, 0.717) is 5.56 Å². The lowest BCUT2D eigenvalue weighted by Crippen LogP contribution is -2.36. The van der Waals surface area contributed by atoms with E-state index in [-0.39, 0.29) is 0 Å². The van der Waals surface area contributed by atoms with Crippen molar-refractivity contribution in [3.8, 4) is 5.75 Å². The summed E-state index contributed by atoms with van der Waals surface area (Å²) in [7, 11) is 0. The summed E-state index contributed by atoms with van der Waals surface area (Å²) in [6, 6.07) is 3.33. The summed E-state index contributed by atoms with van der Waals surface area (Å²) < 4.78 is 65.7. The van der Waals surface area contributed by atoms with E-state index in [0.717, 1.165) is 12.1 Å². The average molecular weight is 239 g/mol. The zero-order valence-corrected chi connectivity index (χ0v) is 8.39. The van der Waals surface area contributed by atoms with Crippen LogP contribution in [-0.2, 0) is 0 Å². The van der Waals surface area contributed by atoms with E-state index in [4.69, 9.17) is 0 Å². The highest BCUT2D eigenvalue weighted by Crippen LogP contribution is 2.19. The lowest BCUT2D eigenvalue weighted by Gasteiger charge is -2.20. The first-order valence-corrected chi connectivity index (χ1v) is 4.52. The Balaban J connectivity index is 2.99. The fourth-order valence-corrected chi connectivity index (χ4v) is 1.21. The van der Waals surface area contributed by atoms with Crippen LogP contribution in [-0.4, -0.2) is 20.0 Å². The molecule has 0 aliphatic heterocycles. The van der Waals surface area contributed by atoms with E-state index in [1.807, 2.05) is 0 Å². The molecule has 90 valence electrons. The van der Waals surface area contributed by atoms with Crippen LogP contribution in [0, 0.1) is 6.92 Å². The van der Waals surface area contributed by atoms with Crippen LogP contribution in [0.3, 0.4) is 0 Å². The molecule has 16 heavy (non-hydrogen) atoms. The van der Waals surface area contributed by atoms with Gasteiger partial charge in [0.1, 0.15) is 6.61 Å². The van der Waals surface area contributed by atoms with Crippen LogP contribution in [0.2, 0.25) is 0 Å². The van der Waals surface area contributed by atoms with Gasteiger partial charge in [0, 0.05) is 0 Å². The van der Waals surface area contributed by atoms with Gasteiger partial charge in [0.2, 0.25) is 0 Å². The van der Waals surface area contributed by atoms with Gasteiger partial charge in [0.15, 0.2) is 0 Å². The number of alkyl halides is 2. The first kappa shape index (κ1) is 12.8. The van der Waals surface area contributed by atoms with Crippen molar-refractivity contribution in [3.05, 3.63) is 23.8 Å². The number of aryl methyl sites for hydroxylation is 1. The molecule has 0 unspecified atom stereocenters. The molecule has 0 bridgehead atoms. The predicted octanol–water partition coefficient (Wildman–Crippen LogP) is 2.69. The lowest BCUT2D eigenvalue weighted by molar-refractivity contribution is 0.0822. The van der Waals surface area contributed by atoms with Crippen molar-refractivity contribution in [2.45, 2.75) is 13.3 Å². The Hall–Kier alpha value is -1.27. The van der Waals surface area contributed by atoms with Gasteiger partial charge in [-0.25, -0.2) is 8.78 Å². The molecule has 1 rings (SSSR count). The van der Waals surface area contributed by atoms with Gasteiger partial charge in [0.25, 0.3) is 6.43 Å². The third-order valence-corrected chi connectivity index (χ3v) is 1.88. The highest BCUT2D eigenvalue weighted by atomic mass is 19.4. The van der Waals surface area contributed by atoms with Crippen molar-refractivity contribution in [1.82, 2.24) is 0 Å². The number of benzene rings is 1. The van der Waals surface area contributed by atoms with Crippen LogP contribution in [0.5, 0.6) is 5.75 Å². The summed E-state index contributed by atoms with van der Waals surface area (Å²) in [6.07, 6.45) is -2.80. The molecular formula is C9H9BF5O-. The van der Waals surface area contributed by atoms with Gasteiger partial charge in [-0.1, -0.05) is 23.2 Å². The molecule has 0 atom stereocenters. The SMILES string of the molecule is Cc1ccc(OCC(F)F)c([B-](F)(F)F)c1. The normalized spacial score (nSPS) is 11.9. The molecule has 1 aromatic carbocycles. The molecule has 7 heteroatoms. The fraction of sp³-hybridized carbons (Fsp3) is 0.333. The number of hydrogen-bond donors (Lipinski definition) is 0. The molecule has 0 spiro atoms. The molecule has 0 aliphatic carbocycles. The number of ether oxygens (including phenoxy) is 1.